The van der Waals surface area contributed by atoms with Gasteiger partial charge in [-0.25, -0.2) is 4.68 Å². The minimum absolute atomic E-state index is 0.00757. The van der Waals surface area contributed by atoms with E-state index in [2.05, 4.69) is 10.00 Å². The second kappa shape index (κ2) is 7.59. The van der Waals surface area contributed by atoms with Crippen LogP contribution in [0.4, 0.5) is 0 Å². The van der Waals surface area contributed by atoms with E-state index in [1.807, 2.05) is 37.3 Å². The van der Waals surface area contributed by atoms with Crippen LogP contribution in [0.2, 0.25) is 0 Å². The van der Waals surface area contributed by atoms with Crippen molar-refractivity contribution in [2.45, 2.75) is 43.9 Å². The van der Waals surface area contributed by atoms with Gasteiger partial charge in [-0.1, -0.05) is 31.5 Å². The zero-order valence-corrected chi connectivity index (χ0v) is 15.5. The van der Waals surface area contributed by atoms with Crippen LogP contribution in [0.1, 0.15) is 30.5 Å². The van der Waals surface area contributed by atoms with E-state index in [1.165, 1.54) is 4.68 Å². The Balaban J connectivity index is 1.66. The van der Waals surface area contributed by atoms with Gasteiger partial charge in [0.1, 0.15) is 0 Å². The summed E-state index contributed by atoms with van der Waals surface area (Å²) < 4.78 is 6.87. The van der Waals surface area contributed by atoms with Crippen molar-refractivity contribution < 1.29 is 20.1 Å². The molecule has 2 fully saturated rings. The van der Waals surface area contributed by atoms with Gasteiger partial charge in [-0.2, -0.15) is 5.10 Å². The number of aromatic nitrogens is 2. The van der Waals surface area contributed by atoms with Gasteiger partial charge in [0.15, 0.2) is 0 Å². The summed E-state index contributed by atoms with van der Waals surface area (Å²) in [6.07, 6.45) is 0.0614. The molecule has 1 aromatic carbocycles. The number of ether oxygens (including phenoxy) is 1. The number of morpholine rings is 1. The highest BCUT2D eigenvalue weighted by atomic mass is 16.5. The molecule has 3 N–H and O–H groups in total. The first-order valence-electron chi connectivity index (χ1n) is 9.67. The maximum Gasteiger partial charge on any atom is 0.218 e. The van der Waals surface area contributed by atoms with Gasteiger partial charge in [-0.15, -0.1) is 0 Å². The molecule has 2 atom stereocenters. The van der Waals surface area contributed by atoms with Crippen LogP contribution in [0, 0.1) is 0 Å². The number of aliphatic hydroxyl groups is 2. The van der Waals surface area contributed by atoms with E-state index in [4.69, 9.17) is 4.74 Å². The summed E-state index contributed by atoms with van der Waals surface area (Å²) in [6, 6.07) is 9.10. The fraction of sp³-hybridized carbons (Fsp3) is 0.550. The monoisotopic (exact) mass is 373 g/mol. The molecule has 2 aliphatic rings. The molecule has 2 aromatic rings. The van der Waals surface area contributed by atoms with E-state index in [-0.39, 0.29) is 11.9 Å². The van der Waals surface area contributed by atoms with E-state index in [0.29, 0.717) is 38.3 Å². The van der Waals surface area contributed by atoms with Crippen LogP contribution in [-0.2, 0) is 11.2 Å². The quantitative estimate of drug-likeness (QED) is 0.726. The van der Waals surface area contributed by atoms with Gasteiger partial charge in [-0.05, 0) is 18.6 Å². The minimum Gasteiger partial charge on any atom is -0.493 e. The third-order valence-corrected chi connectivity index (χ3v) is 5.70. The van der Waals surface area contributed by atoms with Crippen molar-refractivity contribution in [3.8, 4) is 11.6 Å². The number of para-hydroxylation sites is 1. The van der Waals surface area contributed by atoms with Crippen molar-refractivity contribution in [3.05, 3.63) is 41.6 Å². The molecular weight excluding hydrogens is 346 g/mol. The summed E-state index contributed by atoms with van der Waals surface area (Å²) in [6.45, 7) is 4.66. The zero-order chi connectivity index (χ0) is 19.0. The molecule has 0 radical (unpaired) electrons. The van der Waals surface area contributed by atoms with Crippen LogP contribution in [-0.4, -0.2) is 74.6 Å². The molecule has 1 aromatic heterocycles. The third-order valence-electron chi connectivity index (χ3n) is 5.70. The molecule has 0 amide bonds. The standard InChI is InChI=1S/C20H27N3O4/c1-2-6-14-15(20(26)23(21-14)13-7-4-3-5-8-13)16-18(24)17(19(16)25)22-9-11-27-12-10-22/h3-5,7-8,16-19,24-26H,2,6,9-12H2,1H3. The number of hydrogen-bond donors (Lipinski definition) is 3. The summed E-state index contributed by atoms with van der Waals surface area (Å²) in [5.74, 6) is -0.523. The molecule has 1 aliphatic carbocycles. The average molecular weight is 373 g/mol. The van der Waals surface area contributed by atoms with Gasteiger partial charge >= 0.3 is 0 Å². The van der Waals surface area contributed by atoms with Gasteiger partial charge in [0.25, 0.3) is 0 Å². The van der Waals surface area contributed by atoms with Gasteiger partial charge < -0.3 is 20.1 Å². The van der Waals surface area contributed by atoms with Crippen molar-refractivity contribution in [1.29, 1.82) is 0 Å². The number of aliphatic hydroxyl groups excluding tert-OH is 2. The molecule has 0 bridgehead atoms. The first kappa shape index (κ1) is 18.4. The van der Waals surface area contributed by atoms with Gasteiger partial charge in [0.2, 0.25) is 5.88 Å². The number of aryl methyl sites for hydroxylation is 1. The van der Waals surface area contributed by atoms with Gasteiger partial charge in [0, 0.05) is 24.6 Å². The van der Waals surface area contributed by atoms with Gasteiger partial charge in [-0.3, -0.25) is 4.90 Å². The van der Waals surface area contributed by atoms with Crippen LogP contribution in [0.3, 0.4) is 0 Å². The van der Waals surface area contributed by atoms with Crippen molar-refractivity contribution in [3.63, 3.8) is 0 Å². The molecule has 1 aliphatic heterocycles. The summed E-state index contributed by atoms with van der Waals surface area (Å²) in [7, 11) is 0. The van der Waals surface area contributed by atoms with E-state index >= 15 is 0 Å². The van der Waals surface area contributed by atoms with Crippen molar-refractivity contribution in [1.82, 2.24) is 14.7 Å². The smallest absolute Gasteiger partial charge is 0.218 e. The Morgan fingerprint density at radius 1 is 1.11 bits per heavy atom. The predicted molar refractivity (Wildman–Crippen MR) is 100 cm³/mol. The average Bonchev–Trinajstić information content (AvgIpc) is 3.00. The van der Waals surface area contributed by atoms with Crippen molar-refractivity contribution in [2.24, 2.45) is 0 Å². The Kier molecular flexibility index (Phi) is 5.19. The lowest BCUT2D eigenvalue weighted by atomic mass is 9.69. The molecule has 2 unspecified atom stereocenters. The number of hydrogen-bond acceptors (Lipinski definition) is 6. The normalized spacial score (nSPS) is 28.9. The first-order chi connectivity index (χ1) is 13.1. The number of rotatable bonds is 5. The lowest BCUT2D eigenvalue weighted by Gasteiger charge is -2.52. The molecule has 4 rings (SSSR count). The summed E-state index contributed by atoms with van der Waals surface area (Å²) in [4.78, 5) is 2.08. The lowest BCUT2D eigenvalue weighted by molar-refractivity contribution is -0.151. The van der Waals surface area contributed by atoms with Crippen molar-refractivity contribution in [2.75, 3.05) is 26.3 Å². The predicted octanol–water partition coefficient (Wildman–Crippen LogP) is 1.05. The third kappa shape index (κ3) is 3.14. The van der Waals surface area contributed by atoms with E-state index < -0.39 is 18.1 Å². The van der Waals surface area contributed by atoms with Crippen LogP contribution in [0.15, 0.2) is 30.3 Å². The summed E-state index contributed by atoms with van der Waals surface area (Å²) >= 11 is 0. The number of aromatic hydroxyl groups is 1. The van der Waals surface area contributed by atoms with Crippen LogP contribution >= 0.6 is 0 Å². The lowest BCUT2D eigenvalue weighted by Crippen LogP contribution is -2.67. The molecule has 7 nitrogen and oxygen atoms in total. The maximum atomic E-state index is 10.9. The molecule has 27 heavy (non-hydrogen) atoms. The molecule has 2 heterocycles. The highest BCUT2D eigenvalue weighted by molar-refractivity contribution is 5.45. The van der Waals surface area contributed by atoms with Crippen LogP contribution in [0.5, 0.6) is 5.88 Å². The Morgan fingerprint density at radius 3 is 2.41 bits per heavy atom. The Morgan fingerprint density at radius 2 is 1.78 bits per heavy atom. The van der Waals surface area contributed by atoms with E-state index in [0.717, 1.165) is 17.8 Å². The minimum atomic E-state index is -0.743. The highest BCUT2D eigenvalue weighted by Crippen LogP contribution is 2.46. The van der Waals surface area contributed by atoms with Crippen LogP contribution < -0.4 is 0 Å². The second-order valence-electron chi connectivity index (χ2n) is 7.33. The van der Waals surface area contributed by atoms with E-state index in [9.17, 15) is 15.3 Å². The zero-order valence-electron chi connectivity index (χ0n) is 15.5. The first-order valence-corrected chi connectivity index (χ1v) is 9.67. The Hall–Kier alpha value is -1.93. The second-order valence-corrected chi connectivity index (χ2v) is 7.33. The van der Waals surface area contributed by atoms with Crippen LogP contribution in [0.25, 0.3) is 5.69 Å². The Labute approximate surface area is 158 Å². The molecule has 7 heteroatoms. The number of benzene rings is 1. The molecular formula is C20H27N3O4. The van der Waals surface area contributed by atoms with E-state index in [1.54, 1.807) is 0 Å². The molecule has 0 spiro atoms. The SMILES string of the molecule is CCCc1nn(-c2ccccc2)c(O)c1C1C(O)C(N2CCOCC2)C1O. The maximum absolute atomic E-state index is 10.9. The fourth-order valence-corrected chi connectivity index (χ4v) is 4.31. The highest BCUT2D eigenvalue weighted by Gasteiger charge is 2.54. The largest absolute Gasteiger partial charge is 0.493 e. The summed E-state index contributed by atoms with van der Waals surface area (Å²) in [5, 5.41) is 37.2. The van der Waals surface area contributed by atoms with Crippen molar-refractivity contribution >= 4 is 0 Å². The molecule has 1 saturated heterocycles. The fourth-order valence-electron chi connectivity index (χ4n) is 4.31. The topological polar surface area (TPSA) is 91.0 Å². The Bertz CT molecular complexity index is 763. The summed E-state index contributed by atoms with van der Waals surface area (Å²) in [5.41, 5.74) is 2.07. The van der Waals surface area contributed by atoms with Gasteiger partial charge in [0.05, 0.1) is 42.8 Å². The molecule has 146 valence electrons. The number of nitrogens with zero attached hydrogens (tertiary/aromatic N) is 3. The molecule has 1 saturated carbocycles.